The van der Waals surface area contributed by atoms with Gasteiger partial charge in [0.15, 0.2) is 0 Å². The molecule has 2 aliphatic rings. The summed E-state index contributed by atoms with van der Waals surface area (Å²) in [7, 11) is 0. The van der Waals surface area contributed by atoms with E-state index < -0.39 is 0 Å². The van der Waals surface area contributed by atoms with Gasteiger partial charge in [0.2, 0.25) is 11.1 Å². The average Bonchev–Trinajstić information content (AvgIpc) is 3.33. The van der Waals surface area contributed by atoms with Crippen LogP contribution in [0.5, 0.6) is 0 Å². The zero-order valence-corrected chi connectivity index (χ0v) is 17.1. The largest absolute Gasteiger partial charge is 0.352 e. The molecule has 0 aliphatic heterocycles. The van der Waals surface area contributed by atoms with Gasteiger partial charge in [-0.2, -0.15) is 0 Å². The molecule has 6 nitrogen and oxygen atoms in total. The molecule has 0 radical (unpaired) electrons. The van der Waals surface area contributed by atoms with E-state index in [4.69, 9.17) is 0 Å². The van der Waals surface area contributed by atoms with Crippen molar-refractivity contribution in [2.24, 2.45) is 16.7 Å². The van der Waals surface area contributed by atoms with Gasteiger partial charge in [-0.25, -0.2) is 4.68 Å². The number of rotatable bonds is 6. The molecule has 26 heavy (non-hydrogen) atoms. The molecule has 3 unspecified atom stereocenters. The zero-order valence-electron chi connectivity index (χ0n) is 15.4. The number of aromatic nitrogens is 4. The molecular formula is C18H25N5OS2. The zero-order chi connectivity index (χ0) is 18.4. The minimum absolute atomic E-state index is 0.0789. The highest BCUT2D eigenvalue weighted by molar-refractivity contribution is 7.99. The third-order valence-corrected chi connectivity index (χ3v) is 8.66. The van der Waals surface area contributed by atoms with Gasteiger partial charge in [0.25, 0.3) is 0 Å². The van der Waals surface area contributed by atoms with Crippen LogP contribution in [0.1, 0.15) is 44.9 Å². The molecule has 0 saturated heterocycles. The maximum Gasteiger partial charge on any atom is 0.230 e. The Kier molecular flexibility index (Phi) is 4.59. The Labute approximate surface area is 162 Å². The van der Waals surface area contributed by atoms with E-state index in [0.29, 0.717) is 22.9 Å². The molecule has 0 spiro atoms. The molecule has 1 amide bonds. The van der Waals surface area contributed by atoms with E-state index >= 15 is 0 Å². The van der Waals surface area contributed by atoms with E-state index in [9.17, 15) is 4.79 Å². The Morgan fingerprint density at radius 2 is 2.31 bits per heavy atom. The summed E-state index contributed by atoms with van der Waals surface area (Å²) in [5.41, 5.74) is 0.516. The number of hydrogen-bond acceptors (Lipinski definition) is 6. The molecule has 8 heteroatoms. The topological polar surface area (TPSA) is 72.7 Å². The fraction of sp³-hybridized carbons (Fsp3) is 0.667. The maximum absolute atomic E-state index is 12.5. The number of thiophene rings is 1. The quantitative estimate of drug-likeness (QED) is 0.766. The molecule has 3 atom stereocenters. The Morgan fingerprint density at radius 3 is 2.96 bits per heavy atom. The Balaban J connectivity index is 1.34. The summed E-state index contributed by atoms with van der Waals surface area (Å²) in [5.74, 6) is 1.15. The summed E-state index contributed by atoms with van der Waals surface area (Å²) in [6.45, 7) is 7.72. The van der Waals surface area contributed by atoms with Crippen molar-refractivity contribution < 1.29 is 4.79 Å². The molecule has 2 fully saturated rings. The fourth-order valence-corrected chi connectivity index (χ4v) is 6.11. The smallest absolute Gasteiger partial charge is 0.230 e. The van der Waals surface area contributed by atoms with Crippen molar-refractivity contribution in [3.8, 4) is 0 Å². The Bertz CT molecular complexity index is 787. The summed E-state index contributed by atoms with van der Waals surface area (Å²) < 4.78 is 1.76. The molecule has 140 valence electrons. The van der Waals surface area contributed by atoms with Gasteiger partial charge in [0.05, 0.1) is 12.3 Å². The summed E-state index contributed by atoms with van der Waals surface area (Å²) in [6, 6.07) is 4.36. The van der Waals surface area contributed by atoms with Crippen LogP contribution in [0.2, 0.25) is 0 Å². The van der Waals surface area contributed by atoms with Gasteiger partial charge >= 0.3 is 0 Å². The number of carbonyl (C=O) groups is 1. The molecule has 0 aromatic carbocycles. The van der Waals surface area contributed by atoms with Gasteiger partial charge < -0.3 is 5.32 Å². The number of amides is 1. The molecular weight excluding hydrogens is 366 g/mol. The molecule has 1 N–H and O–H groups in total. The van der Waals surface area contributed by atoms with E-state index in [1.165, 1.54) is 29.5 Å². The second-order valence-corrected chi connectivity index (χ2v) is 10.2. The third kappa shape index (κ3) is 2.97. The number of fused-ring (bicyclic) bond motifs is 2. The lowest BCUT2D eigenvalue weighted by Crippen LogP contribution is -2.47. The lowest BCUT2D eigenvalue weighted by molar-refractivity contribution is -0.120. The average molecular weight is 392 g/mol. The maximum atomic E-state index is 12.5. The van der Waals surface area contributed by atoms with Crippen molar-refractivity contribution in [2.45, 2.75) is 57.8 Å². The second-order valence-electron chi connectivity index (χ2n) is 8.22. The highest BCUT2D eigenvalue weighted by Gasteiger charge is 2.61. The molecule has 2 bridgehead atoms. The summed E-state index contributed by atoms with van der Waals surface area (Å²) in [6.07, 6.45) is 3.61. The van der Waals surface area contributed by atoms with Crippen molar-refractivity contribution in [1.29, 1.82) is 0 Å². The van der Waals surface area contributed by atoms with Crippen LogP contribution in [0.3, 0.4) is 0 Å². The van der Waals surface area contributed by atoms with E-state index in [-0.39, 0.29) is 17.4 Å². The molecule has 2 saturated carbocycles. The predicted molar refractivity (Wildman–Crippen MR) is 103 cm³/mol. The number of tetrazole rings is 1. The van der Waals surface area contributed by atoms with Crippen LogP contribution in [-0.2, 0) is 11.3 Å². The summed E-state index contributed by atoms with van der Waals surface area (Å²) >= 11 is 3.08. The molecule has 2 aromatic rings. The number of thioether (sulfide) groups is 1. The van der Waals surface area contributed by atoms with Gasteiger partial charge in [-0.3, -0.25) is 4.79 Å². The first kappa shape index (κ1) is 18.0. The first-order chi connectivity index (χ1) is 12.4. The van der Waals surface area contributed by atoms with Crippen molar-refractivity contribution in [3.63, 3.8) is 0 Å². The Hall–Kier alpha value is -1.41. The molecule has 4 rings (SSSR count). The van der Waals surface area contributed by atoms with Gasteiger partial charge in [-0.1, -0.05) is 38.6 Å². The monoisotopic (exact) mass is 391 g/mol. The van der Waals surface area contributed by atoms with Crippen LogP contribution in [0.15, 0.2) is 22.7 Å². The van der Waals surface area contributed by atoms with Gasteiger partial charge in [-0.05, 0) is 57.9 Å². The summed E-state index contributed by atoms with van der Waals surface area (Å²) in [5, 5.41) is 17.9. The van der Waals surface area contributed by atoms with Crippen molar-refractivity contribution in [2.75, 3.05) is 5.75 Å². The van der Waals surface area contributed by atoms with Crippen LogP contribution < -0.4 is 5.32 Å². The third-order valence-electron chi connectivity index (χ3n) is 6.85. The van der Waals surface area contributed by atoms with Crippen molar-refractivity contribution in [3.05, 3.63) is 22.4 Å². The molecule has 2 heterocycles. The Morgan fingerprint density at radius 1 is 1.46 bits per heavy atom. The molecule has 2 aromatic heterocycles. The van der Waals surface area contributed by atoms with Crippen LogP contribution >= 0.6 is 23.1 Å². The number of nitrogens with zero attached hydrogens (tertiary/aromatic N) is 4. The highest BCUT2D eigenvalue weighted by atomic mass is 32.2. The normalized spacial score (nSPS) is 29.2. The second kappa shape index (κ2) is 6.64. The first-order valence-electron chi connectivity index (χ1n) is 9.11. The van der Waals surface area contributed by atoms with Crippen molar-refractivity contribution in [1.82, 2.24) is 25.5 Å². The van der Waals surface area contributed by atoms with Crippen LogP contribution in [0, 0.1) is 16.7 Å². The predicted octanol–water partition coefficient (Wildman–Crippen LogP) is 3.21. The van der Waals surface area contributed by atoms with Gasteiger partial charge in [0, 0.05) is 10.9 Å². The number of hydrogen-bond donors (Lipinski definition) is 1. The van der Waals surface area contributed by atoms with Crippen LogP contribution in [-0.4, -0.2) is 37.9 Å². The fourth-order valence-electron chi connectivity index (χ4n) is 4.74. The van der Waals surface area contributed by atoms with E-state index in [2.05, 4.69) is 47.7 Å². The van der Waals surface area contributed by atoms with Gasteiger partial charge in [-0.15, -0.1) is 16.4 Å². The number of carbonyl (C=O) groups excluding carboxylic acids is 1. The van der Waals surface area contributed by atoms with Crippen LogP contribution in [0.25, 0.3) is 0 Å². The van der Waals surface area contributed by atoms with E-state index in [0.717, 1.165) is 12.3 Å². The van der Waals surface area contributed by atoms with E-state index in [1.54, 1.807) is 16.0 Å². The van der Waals surface area contributed by atoms with Gasteiger partial charge in [0.1, 0.15) is 0 Å². The van der Waals surface area contributed by atoms with Crippen LogP contribution in [0.4, 0.5) is 0 Å². The molecule has 2 aliphatic carbocycles. The van der Waals surface area contributed by atoms with E-state index in [1.807, 2.05) is 11.4 Å². The minimum atomic E-state index is 0.0789. The lowest BCUT2D eigenvalue weighted by Gasteiger charge is -2.39. The standard InChI is InChI=1S/C18H25N5OS2/c1-17(2)12-6-7-18(17,3)14(9-12)19-15(24)11-26-16-20-21-22-23(16)10-13-5-4-8-25-13/h4-5,8,12,14H,6-7,9-11H2,1-3H3,(H,19,24). The number of nitrogens with one attached hydrogen (secondary N) is 1. The SMILES string of the molecule is CC1(C)C2CCC1(C)C(NC(=O)CSc1nnnn1Cc1cccs1)C2. The highest BCUT2D eigenvalue weighted by Crippen LogP contribution is 2.65. The first-order valence-corrected chi connectivity index (χ1v) is 11.0. The lowest BCUT2D eigenvalue weighted by atomic mass is 9.69. The minimum Gasteiger partial charge on any atom is -0.352 e. The van der Waals surface area contributed by atoms with Crippen molar-refractivity contribution >= 4 is 29.0 Å². The summed E-state index contributed by atoms with van der Waals surface area (Å²) in [4.78, 5) is 13.7.